The SMILES string of the molecule is CNC(CCC(C)(C)C)c1snnc1C(C)(C)C. The molecule has 0 aliphatic carbocycles. The van der Waals surface area contributed by atoms with Gasteiger partial charge in [0, 0.05) is 11.5 Å². The first kappa shape index (κ1) is 15.6. The Morgan fingerprint density at radius 2 is 1.78 bits per heavy atom. The molecule has 1 heterocycles. The second kappa shape index (κ2) is 5.66. The first-order valence-corrected chi connectivity index (χ1v) is 7.42. The highest BCUT2D eigenvalue weighted by Gasteiger charge is 2.27. The predicted octanol–water partition coefficient (Wildman–Crippen LogP) is 3.92. The van der Waals surface area contributed by atoms with E-state index in [1.54, 1.807) is 0 Å². The van der Waals surface area contributed by atoms with Crippen LogP contribution in [-0.4, -0.2) is 16.6 Å². The van der Waals surface area contributed by atoms with Gasteiger partial charge in [0.25, 0.3) is 0 Å². The van der Waals surface area contributed by atoms with Crippen LogP contribution in [0.4, 0.5) is 0 Å². The lowest BCUT2D eigenvalue weighted by Crippen LogP contribution is -2.22. The zero-order valence-electron chi connectivity index (χ0n) is 12.8. The lowest BCUT2D eigenvalue weighted by atomic mass is 9.86. The lowest BCUT2D eigenvalue weighted by molar-refractivity contribution is 0.337. The summed E-state index contributed by atoms with van der Waals surface area (Å²) < 4.78 is 4.15. The van der Waals surface area contributed by atoms with E-state index in [4.69, 9.17) is 0 Å². The number of aromatic nitrogens is 2. The summed E-state index contributed by atoms with van der Waals surface area (Å²) in [6, 6.07) is 0.374. The number of rotatable bonds is 4. The lowest BCUT2D eigenvalue weighted by Gasteiger charge is -2.24. The maximum absolute atomic E-state index is 4.33. The van der Waals surface area contributed by atoms with E-state index < -0.39 is 0 Å². The van der Waals surface area contributed by atoms with Gasteiger partial charge in [-0.1, -0.05) is 46.0 Å². The molecule has 0 fully saturated rings. The third-order valence-corrected chi connectivity index (χ3v) is 3.91. The molecule has 0 aliphatic rings. The number of nitrogens with one attached hydrogen (secondary N) is 1. The van der Waals surface area contributed by atoms with Crippen LogP contribution >= 0.6 is 11.5 Å². The molecule has 104 valence electrons. The number of nitrogens with zero attached hydrogens (tertiary/aromatic N) is 2. The smallest absolute Gasteiger partial charge is 0.0857 e. The normalized spacial score (nSPS) is 14.8. The van der Waals surface area contributed by atoms with E-state index in [-0.39, 0.29) is 5.41 Å². The first-order chi connectivity index (χ1) is 8.15. The Morgan fingerprint density at radius 3 is 2.22 bits per heavy atom. The molecule has 1 unspecified atom stereocenters. The van der Waals surface area contributed by atoms with Crippen molar-refractivity contribution >= 4 is 11.5 Å². The van der Waals surface area contributed by atoms with E-state index >= 15 is 0 Å². The van der Waals surface area contributed by atoms with Crippen molar-refractivity contribution < 1.29 is 0 Å². The molecule has 3 nitrogen and oxygen atoms in total. The standard InChI is InChI=1S/C14H27N3S/c1-13(2,3)9-8-10(15-7)11-12(14(4,5)6)16-17-18-11/h10,15H,8-9H2,1-7H3. The summed E-state index contributed by atoms with van der Waals surface area (Å²) in [6.45, 7) is 13.5. The third-order valence-electron chi connectivity index (χ3n) is 3.07. The van der Waals surface area contributed by atoms with E-state index in [0.29, 0.717) is 11.5 Å². The fourth-order valence-corrected chi connectivity index (χ4v) is 2.94. The summed E-state index contributed by atoms with van der Waals surface area (Å²) in [5.74, 6) is 0. The van der Waals surface area contributed by atoms with Crippen LogP contribution in [0.25, 0.3) is 0 Å². The van der Waals surface area contributed by atoms with Gasteiger partial charge in [-0.3, -0.25) is 0 Å². The van der Waals surface area contributed by atoms with Crippen molar-refractivity contribution in [3.8, 4) is 0 Å². The Hall–Kier alpha value is -0.480. The molecule has 1 rings (SSSR count). The zero-order chi connectivity index (χ0) is 14.0. The van der Waals surface area contributed by atoms with Gasteiger partial charge in [-0.25, -0.2) is 0 Å². The van der Waals surface area contributed by atoms with Crippen LogP contribution in [0.3, 0.4) is 0 Å². The predicted molar refractivity (Wildman–Crippen MR) is 79.1 cm³/mol. The van der Waals surface area contributed by atoms with Gasteiger partial charge in [-0.05, 0) is 36.8 Å². The Bertz CT molecular complexity index is 371. The van der Waals surface area contributed by atoms with Gasteiger partial charge >= 0.3 is 0 Å². The first-order valence-electron chi connectivity index (χ1n) is 6.65. The van der Waals surface area contributed by atoms with Gasteiger partial charge in [-0.2, -0.15) is 0 Å². The monoisotopic (exact) mass is 269 g/mol. The number of hydrogen-bond donors (Lipinski definition) is 1. The average Bonchev–Trinajstić information content (AvgIpc) is 2.65. The second-order valence-electron chi connectivity index (χ2n) is 7.18. The second-order valence-corrected chi connectivity index (χ2v) is 7.96. The molecule has 4 heteroatoms. The highest BCUT2D eigenvalue weighted by molar-refractivity contribution is 7.05. The Labute approximate surface area is 116 Å². The van der Waals surface area contributed by atoms with Gasteiger partial charge < -0.3 is 5.32 Å². The van der Waals surface area contributed by atoms with Crippen molar-refractivity contribution in [1.29, 1.82) is 0 Å². The summed E-state index contributed by atoms with van der Waals surface area (Å²) in [5, 5.41) is 7.75. The molecule has 1 atom stereocenters. The van der Waals surface area contributed by atoms with Gasteiger partial charge in [-0.15, -0.1) is 5.10 Å². The van der Waals surface area contributed by atoms with Crippen LogP contribution in [0.15, 0.2) is 0 Å². The van der Waals surface area contributed by atoms with Crippen molar-refractivity contribution in [2.45, 2.75) is 65.8 Å². The topological polar surface area (TPSA) is 37.8 Å². The highest BCUT2D eigenvalue weighted by Crippen LogP contribution is 2.34. The molecule has 0 amide bonds. The van der Waals surface area contributed by atoms with Crippen LogP contribution < -0.4 is 5.32 Å². The molecule has 1 aromatic rings. The van der Waals surface area contributed by atoms with Crippen molar-refractivity contribution in [3.05, 3.63) is 10.6 Å². The Kier molecular flexibility index (Phi) is 4.90. The molecule has 0 saturated heterocycles. The third kappa shape index (κ3) is 4.32. The van der Waals surface area contributed by atoms with Gasteiger partial charge in [0.2, 0.25) is 0 Å². The largest absolute Gasteiger partial charge is 0.312 e. The summed E-state index contributed by atoms with van der Waals surface area (Å²) in [5.41, 5.74) is 1.58. The van der Waals surface area contributed by atoms with Crippen molar-refractivity contribution in [2.75, 3.05) is 7.05 Å². The molecule has 18 heavy (non-hydrogen) atoms. The molecular formula is C14H27N3S. The van der Waals surface area contributed by atoms with Crippen LogP contribution in [0, 0.1) is 5.41 Å². The summed E-state index contributed by atoms with van der Waals surface area (Å²) in [7, 11) is 2.03. The summed E-state index contributed by atoms with van der Waals surface area (Å²) >= 11 is 1.54. The molecule has 1 N–H and O–H groups in total. The Balaban J connectivity index is 2.86. The van der Waals surface area contributed by atoms with Crippen molar-refractivity contribution in [1.82, 2.24) is 14.9 Å². The minimum Gasteiger partial charge on any atom is -0.312 e. The van der Waals surface area contributed by atoms with Crippen LogP contribution in [0.2, 0.25) is 0 Å². The van der Waals surface area contributed by atoms with Gasteiger partial charge in [0.05, 0.1) is 10.6 Å². The van der Waals surface area contributed by atoms with Crippen LogP contribution in [0.5, 0.6) is 0 Å². The maximum atomic E-state index is 4.33. The zero-order valence-corrected chi connectivity index (χ0v) is 13.6. The van der Waals surface area contributed by atoms with E-state index in [1.807, 2.05) is 7.05 Å². The van der Waals surface area contributed by atoms with Crippen LogP contribution in [-0.2, 0) is 5.41 Å². The fraction of sp³-hybridized carbons (Fsp3) is 0.857. The molecule has 1 aromatic heterocycles. The maximum Gasteiger partial charge on any atom is 0.0857 e. The number of hydrogen-bond acceptors (Lipinski definition) is 4. The molecule has 0 aliphatic heterocycles. The van der Waals surface area contributed by atoms with Crippen molar-refractivity contribution in [2.24, 2.45) is 5.41 Å². The van der Waals surface area contributed by atoms with Crippen LogP contribution in [0.1, 0.15) is 71.0 Å². The van der Waals surface area contributed by atoms with E-state index in [9.17, 15) is 0 Å². The highest BCUT2D eigenvalue weighted by atomic mass is 32.1. The molecule has 0 spiro atoms. The Morgan fingerprint density at radius 1 is 1.17 bits per heavy atom. The fourth-order valence-electron chi connectivity index (χ4n) is 1.93. The summed E-state index contributed by atoms with van der Waals surface area (Å²) in [6.07, 6.45) is 2.33. The molecular weight excluding hydrogens is 242 g/mol. The van der Waals surface area contributed by atoms with E-state index in [2.05, 4.69) is 56.4 Å². The van der Waals surface area contributed by atoms with Crippen molar-refractivity contribution in [3.63, 3.8) is 0 Å². The molecule has 0 saturated carbocycles. The minimum absolute atomic E-state index is 0.0686. The van der Waals surface area contributed by atoms with E-state index in [0.717, 1.165) is 12.1 Å². The summed E-state index contributed by atoms with van der Waals surface area (Å²) in [4.78, 5) is 1.30. The minimum atomic E-state index is 0.0686. The molecule has 0 radical (unpaired) electrons. The quantitative estimate of drug-likeness (QED) is 0.900. The average molecular weight is 269 g/mol. The molecule has 0 aromatic carbocycles. The molecule has 0 bridgehead atoms. The van der Waals surface area contributed by atoms with Gasteiger partial charge in [0.1, 0.15) is 0 Å². The van der Waals surface area contributed by atoms with Gasteiger partial charge in [0.15, 0.2) is 0 Å². The van der Waals surface area contributed by atoms with E-state index in [1.165, 1.54) is 22.8 Å².